The van der Waals surface area contributed by atoms with Crippen molar-refractivity contribution in [3.05, 3.63) is 65.7 Å². The Bertz CT molecular complexity index is 1160. The van der Waals surface area contributed by atoms with Gasteiger partial charge in [-0.25, -0.2) is 4.79 Å². The van der Waals surface area contributed by atoms with E-state index in [9.17, 15) is 27.9 Å². The lowest BCUT2D eigenvalue weighted by Gasteiger charge is -2.11. The van der Waals surface area contributed by atoms with E-state index >= 15 is 0 Å². The Hall–Kier alpha value is -3.95. The number of carbonyl (C=O) groups is 2. The quantitative estimate of drug-likeness (QED) is 0.509. The smallest absolute Gasteiger partial charge is 0.416 e. The Morgan fingerprint density at radius 3 is 2.50 bits per heavy atom. The molecule has 7 nitrogen and oxygen atoms in total. The third-order valence-electron chi connectivity index (χ3n) is 4.11. The molecular weight excluding hydrogens is 401 g/mol. The molecule has 3 aromatic rings. The highest BCUT2D eigenvalue weighted by atomic mass is 19.4. The second kappa shape index (κ2) is 8.19. The molecule has 3 amide bonds. The number of carbonyl (C=O) groups excluding carboxylic acids is 2. The molecule has 0 atom stereocenters. The fourth-order valence-corrected chi connectivity index (χ4v) is 2.76. The van der Waals surface area contributed by atoms with Gasteiger partial charge in [-0.1, -0.05) is 18.2 Å². The zero-order valence-corrected chi connectivity index (χ0v) is 15.5. The molecule has 0 bridgehead atoms. The summed E-state index contributed by atoms with van der Waals surface area (Å²) < 4.78 is 38.3. The Balaban J connectivity index is 1.76. The van der Waals surface area contributed by atoms with E-state index in [1.54, 1.807) is 12.1 Å². The molecule has 0 aromatic heterocycles. The number of amides is 3. The summed E-state index contributed by atoms with van der Waals surface area (Å²) in [5, 5.41) is 22.8. The second-order valence-electron chi connectivity index (χ2n) is 6.16. The fraction of sp³-hybridized carbons (Fsp3) is 0.100. The number of benzene rings is 3. The normalized spacial score (nSPS) is 11.6. The Labute approximate surface area is 168 Å². The minimum absolute atomic E-state index is 0.0780. The number of anilines is 1. The van der Waals surface area contributed by atoms with Crippen LogP contribution in [0.1, 0.15) is 15.9 Å². The third-order valence-corrected chi connectivity index (χ3v) is 4.11. The number of aromatic hydroxyl groups is 1. The van der Waals surface area contributed by atoms with Crippen LogP contribution in [-0.4, -0.2) is 24.1 Å². The summed E-state index contributed by atoms with van der Waals surface area (Å²) in [7, 11) is 1.45. The number of phenols is 1. The molecule has 30 heavy (non-hydrogen) atoms. The number of hydrogen-bond acceptors (Lipinski definition) is 5. The van der Waals surface area contributed by atoms with Gasteiger partial charge in [0, 0.05) is 23.7 Å². The number of alkyl halides is 3. The lowest BCUT2D eigenvalue weighted by molar-refractivity contribution is -0.137. The first-order chi connectivity index (χ1) is 14.2. The largest absolute Gasteiger partial charge is 0.506 e. The number of fused-ring (bicyclic) bond motifs is 1. The number of halogens is 3. The first-order valence-corrected chi connectivity index (χ1v) is 8.54. The Kier molecular flexibility index (Phi) is 5.67. The van der Waals surface area contributed by atoms with Gasteiger partial charge in [-0.3, -0.25) is 10.1 Å². The van der Waals surface area contributed by atoms with Crippen molar-refractivity contribution < 1.29 is 27.9 Å². The van der Waals surface area contributed by atoms with Gasteiger partial charge in [-0.2, -0.15) is 23.4 Å². The molecule has 3 rings (SSSR count). The Morgan fingerprint density at radius 2 is 1.80 bits per heavy atom. The molecule has 3 aromatic carbocycles. The fourth-order valence-electron chi connectivity index (χ4n) is 2.76. The van der Waals surface area contributed by atoms with Crippen molar-refractivity contribution >= 4 is 34.1 Å². The van der Waals surface area contributed by atoms with Crippen molar-refractivity contribution in [3.63, 3.8) is 0 Å². The predicted octanol–water partition coefficient (Wildman–Crippen LogP) is 5.24. The van der Waals surface area contributed by atoms with Gasteiger partial charge in [0.05, 0.1) is 5.56 Å². The zero-order valence-electron chi connectivity index (χ0n) is 15.5. The van der Waals surface area contributed by atoms with E-state index in [2.05, 4.69) is 20.9 Å². The van der Waals surface area contributed by atoms with Crippen LogP contribution in [0.3, 0.4) is 0 Å². The number of nitrogens with zero attached hydrogens (tertiary/aromatic N) is 2. The highest BCUT2D eigenvalue weighted by molar-refractivity contribution is 6.10. The summed E-state index contributed by atoms with van der Waals surface area (Å²) >= 11 is 0. The zero-order chi connectivity index (χ0) is 21.9. The molecule has 0 spiro atoms. The van der Waals surface area contributed by atoms with Crippen LogP contribution in [0.25, 0.3) is 10.8 Å². The molecule has 0 aliphatic carbocycles. The van der Waals surface area contributed by atoms with Crippen LogP contribution < -0.4 is 10.6 Å². The van der Waals surface area contributed by atoms with Crippen molar-refractivity contribution in [1.29, 1.82) is 0 Å². The van der Waals surface area contributed by atoms with Crippen molar-refractivity contribution in [3.8, 4) is 5.75 Å². The number of phenolic OH excluding ortho intramolecular Hbond substituents is 1. The number of hydrogen-bond donors (Lipinski definition) is 3. The van der Waals surface area contributed by atoms with E-state index in [-0.39, 0.29) is 22.7 Å². The third kappa shape index (κ3) is 4.54. The van der Waals surface area contributed by atoms with Crippen LogP contribution >= 0.6 is 0 Å². The molecule has 0 saturated carbocycles. The number of rotatable bonds is 3. The SMILES string of the molecule is CN=Nc1c(O)ccc2cc(C(=O)NC(=O)Nc3cccc(C(F)(F)F)c3)ccc12. The topological polar surface area (TPSA) is 103 Å². The second-order valence-corrected chi connectivity index (χ2v) is 6.16. The molecule has 0 aliphatic rings. The maximum absolute atomic E-state index is 12.8. The standard InChI is InChI=1S/C20H15F3N4O3/c1-24-27-17-15-7-5-12(9-11(15)6-8-16(17)28)18(29)26-19(30)25-14-4-2-3-13(10-14)20(21,22)23/h2-10,28H,1H3,(H2,25,26,29,30). The molecular formula is C20H15F3N4O3. The average Bonchev–Trinajstić information content (AvgIpc) is 2.69. The summed E-state index contributed by atoms with van der Waals surface area (Å²) in [6.45, 7) is 0. The van der Waals surface area contributed by atoms with E-state index in [0.717, 1.165) is 18.2 Å². The highest BCUT2D eigenvalue weighted by Crippen LogP contribution is 2.35. The number of azo groups is 1. The molecule has 0 heterocycles. The van der Waals surface area contributed by atoms with Crippen molar-refractivity contribution in [1.82, 2.24) is 5.32 Å². The Morgan fingerprint density at radius 1 is 1.03 bits per heavy atom. The van der Waals surface area contributed by atoms with Gasteiger partial charge >= 0.3 is 12.2 Å². The minimum Gasteiger partial charge on any atom is -0.506 e. The van der Waals surface area contributed by atoms with Gasteiger partial charge in [0.25, 0.3) is 5.91 Å². The van der Waals surface area contributed by atoms with E-state index in [1.165, 1.54) is 31.3 Å². The molecule has 0 unspecified atom stereocenters. The van der Waals surface area contributed by atoms with Gasteiger partial charge in [0.2, 0.25) is 0 Å². The molecule has 0 fully saturated rings. The molecule has 0 saturated heterocycles. The summed E-state index contributed by atoms with van der Waals surface area (Å²) in [6.07, 6.45) is -4.56. The number of nitrogens with one attached hydrogen (secondary N) is 2. The van der Waals surface area contributed by atoms with Gasteiger partial charge < -0.3 is 10.4 Å². The number of imide groups is 1. The monoisotopic (exact) mass is 416 g/mol. The molecule has 154 valence electrons. The van der Waals surface area contributed by atoms with Crippen LogP contribution in [-0.2, 0) is 6.18 Å². The van der Waals surface area contributed by atoms with Crippen LogP contribution in [0.15, 0.2) is 64.8 Å². The van der Waals surface area contributed by atoms with E-state index < -0.39 is 23.7 Å². The van der Waals surface area contributed by atoms with Gasteiger partial charge in [-0.05, 0) is 41.8 Å². The van der Waals surface area contributed by atoms with Crippen LogP contribution in [0.4, 0.5) is 29.3 Å². The molecule has 10 heteroatoms. The van der Waals surface area contributed by atoms with Crippen molar-refractivity contribution in [2.45, 2.75) is 6.18 Å². The predicted molar refractivity (Wildman–Crippen MR) is 104 cm³/mol. The van der Waals surface area contributed by atoms with Gasteiger partial charge in [0.1, 0.15) is 11.4 Å². The molecule has 0 radical (unpaired) electrons. The summed E-state index contributed by atoms with van der Waals surface area (Å²) in [6, 6.07) is 10.5. The van der Waals surface area contributed by atoms with E-state index in [4.69, 9.17) is 0 Å². The molecule has 0 aliphatic heterocycles. The van der Waals surface area contributed by atoms with Crippen LogP contribution in [0.2, 0.25) is 0 Å². The van der Waals surface area contributed by atoms with Crippen molar-refractivity contribution in [2.24, 2.45) is 10.2 Å². The summed E-state index contributed by atoms with van der Waals surface area (Å²) in [5.41, 5.74) is -0.667. The van der Waals surface area contributed by atoms with E-state index in [1.807, 2.05) is 0 Å². The maximum atomic E-state index is 12.8. The molecule has 3 N–H and O–H groups in total. The number of urea groups is 1. The lowest BCUT2D eigenvalue weighted by atomic mass is 10.0. The lowest BCUT2D eigenvalue weighted by Crippen LogP contribution is -2.34. The summed E-state index contributed by atoms with van der Waals surface area (Å²) in [4.78, 5) is 24.4. The van der Waals surface area contributed by atoms with E-state index in [0.29, 0.717) is 10.8 Å². The average molecular weight is 416 g/mol. The minimum atomic E-state index is -4.56. The highest BCUT2D eigenvalue weighted by Gasteiger charge is 2.30. The van der Waals surface area contributed by atoms with Crippen LogP contribution in [0, 0.1) is 0 Å². The van der Waals surface area contributed by atoms with Crippen LogP contribution in [0.5, 0.6) is 5.75 Å². The summed E-state index contributed by atoms with van der Waals surface area (Å²) in [5.74, 6) is -0.834. The van der Waals surface area contributed by atoms with Gasteiger partial charge in [0.15, 0.2) is 0 Å². The first kappa shape index (κ1) is 20.8. The first-order valence-electron chi connectivity index (χ1n) is 8.54. The van der Waals surface area contributed by atoms with Gasteiger partial charge in [-0.15, -0.1) is 0 Å². The van der Waals surface area contributed by atoms with Crippen molar-refractivity contribution in [2.75, 3.05) is 12.4 Å². The maximum Gasteiger partial charge on any atom is 0.416 e.